The van der Waals surface area contributed by atoms with E-state index in [0.29, 0.717) is 0 Å². The maximum absolute atomic E-state index is 3.18. The van der Waals surface area contributed by atoms with Crippen LogP contribution in [0.2, 0.25) is 0 Å². The fourth-order valence-electron chi connectivity index (χ4n) is 2.09. The third-order valence-corrected chi connectivity index (χ3v) is 2.82. The minimum Gasteiger partial charge on any atom is -0.388 e. The largest absolute Gasteiger partial charge is 0.388 e. The smallest absolute Gasteiger partial charge is 0.0341 e. The monoisotopic (exact) mass is 190 g/mol. The third-order valence-electron chi connectivity index (χ3n) is 2.82. The van der Waals surface area contributed by atoms with E-state index in [1.807, 2.05) is 7.05 Å². The van der Waals surface area contributed by atoms with Crippen molar-refractivity contribution in [3.63, 3.8) is 0 Å². The first-order valence-electron chi connectivity index (χ1n) is 5.35. The number of hydrogen-bond acceptors (Lipinski definition) is 2. The summed E-state index contributed by atoms with van der Waals surface area (Å²) in [5, 5.41) is 3.18. The fraction of sp³-hybridized carbons (Fsp3) is 0.500. The maximum Gasteiger partial charge on any atom is 0.0341 e. The topological polar surface area (TPSA) is 15.3 Å². The molecule has 1 aromatic carbocycles. The zero-order chi connectivity index (χ0) is 9.97. The van der Waals surface area contributed by atoms with Gasteiger partial charge in [-0.1, -0.05) is 13.0 Å². The highest BCUT2D eigenvalue weighted by molar-refractivity contribution is 5.49. The quantitative estimate of drug-likeness (QED) is 0.787. The molecule has 2 heteroatoms. The molecule has 1 N–H and O–H groups in total. The Kier molecular flexibility index (Phi) is 2.73. The van der Waals surface area contributed by atoms with Crippen molar-refractivity contribution in [2.24, 2.45) is 0 Å². The molecule has 0 aromatic heterocycles. The molecule has 0 bridgehead atoms. The number of hydrogen-bond donors (Lipinski definition) is 1. The lowest BCUT2D eigenvalue weighted by Crippen LogP contribution is -2.16. The van der Waals surface area contributed by atoms with E-state index in [4.69, 9.17) is 0 Å². The summed E-state index contributed by atoms with van der Waals surface area (Å²) in [5.41, 5.74) is 4.21. The molecule has 0 saturated carbocycles. The molecule has 0 aliphatic carbocycles. The molecule has 1 heterocycles. The molecule has 1 aromatic rings. The van der Waals surface area contributed by atoms with E-state index in [0.717, 1.165) is 13.1 Å². The van der Waals surface area contributed by atoms with Gasteiger partial charge in [-0.05, 0) is 36.2 Å². The van der Waals surface area contributed by atoms with E-state index in [1.54, 1.807) is 0 Å². The Bertz CT molecular complexity index is 320. The van der Waals surface area contributed by atoms with E-state index in [9.17, 15) is 0 Å². The molecule has 2 rings (SSSR count). The van der Waals surface area contributed by atoms with Crippen molar-refractivity contribution in [2.45, 2.75) is 26.4 Å². The standard InChI is InChI=1S/C12H18N2/c1-3-6-14-8-10-4-5-12(13-2)7-11(10)9-14/h4-5,7,13H,3,6,8-9H2,1-2H3. The van der Waals surface area contributed by atoms with Gasteiger partial charge < -0.3 is 5.32 Å². The van der Waals surface area contributed by atoms with Gasteiger partial charge in [0.1, 0.15) is 0 Å². The second kappa shape index (κ2) is 4.01. The van der Waals surface area contributed by atoms with Gasteiger partial charge >= 0.3 is 0 Å². The summed E-state index contributed by atoms with van der Waals surface area (Å²) < 4.78 is 0. The summed E-state index contributed by atoms with van der Waals surface area (Å²) in [6.07, 6.45) is 1.24. The predicted molar refractivity (Wildman–Crippen MR) is 60.4 cm³/mol. The predicted octanol–water partition coefficient (Wildman–Crippen LogP) is 2.45. The molecule has 0 saturated heterocycles. The van der Waals surface area contributed by atoms with Crippen LogP contribution in [0.5, 0.6) is 0 Å². The highest BCUT2D eigenvalue weighted by Crippen LogP contribution is 2.25. The van der Waals surface area contributed by atoms with Crippen LogP contribution in [0.4, 0.5) is 5.69 Å². The lowest BCUT2D eigenvalue weighted by Gasteiger charge is -2.11. The number of rotatable bonds is 3. The molecular formula is C12H18N2. The Hall–Kier alpha value is -1.02. The van der Waals surface area contributed by atoms with E-state index >= 15 is 0 Å². The summed E-state index contributed by atoms with van der Waals surface area (Å²) in [7, 11) is 1.97. The summed E-state index contributed by atoms with van der Waals surface area (Å²) in [6, 6.07) is 6.68. The molecule has 0 amide bonds. The first-order valence-corrected chi connectivity index (χ1v) is 5.35. The van der Waals surface area contributed by atoms with Crippen molar-refractivity contribution in [3.05, 3.63) is 29.3 Å². The molecule has 0 unspecified atom stereocenters. The van der Waals surface area contributed by atoms with Crippen LogP contribution in [-0.2, 0) is 13.1 Å². The average Bonchev–Trinajstić information content (AvgIpc) is 2.59. The van der Waals surface area contributed by atoms with Crippen LogP contribution < -0.4 is 5.32 Å². The van der Waals surface area contributed by atoms with Gasteiger partial charge in [0.15, 0.2) is 0 Å². The van der Waals surface area contributed by atoms with Gasteiger partial charge in [0.05, 0.1) is 0 Å². The minimum absolute atomic E-state index is 1.12. The maximum atomic E-state index is 3.18. The van der Waals surface area contributed by atoms with Crippen molar-refractivity contribution in [1.82, 2.24) is 4.90 Å². The molecule has 0 fully saturated rings. The number of benzene rings is 1. The van der Waals surface area contributed by atoms with Crippen molar-refractivity contribution < 1.29 is 0 Å². The highest BCUT2D eigenvalue weighted by Gasteiger charge is 2.17. The summed E-state index contributed by atoms with van der Waals surface area (Å²) in [6.45, 7) is 5.71. The van der Waals surface area contributed by atoms with Crippen LogP contribution in [0.3, 0.4) is 0 Å². The van der Waals surface area contributed by atoms with Gasteiger partial charge in [-0.2, -0.15) is 0 Å². The molecule has 0 atom stereocenters. The molecule has 14 heavy (non-hydrogen) atoms. The van der Waals surface area contributed by atoms with Crippen LogP contribution >= 0.6 is 0 Å². The van der Waals surface area contributed by atoms with E-state index in [-0.39, 0.29) is 0 Å². The molecular weight excluding hydrogens is 172 g/mol. The van der Waals surface area contributed by atoms with Crippen LogP contribution in [0.1, 0.15) is 24.5 Å². The third kappa shape index (κ3) is 1.75. The summed E-state index contributed by atoms with van der Waals surface area (Å²) >= 11 is 0. The van der Waals surface area contributed by atoms with Gasteiger partial charge in [-0.15, -0.1) is 0 Å². The minimum atomic E-state index is 1.12. The van der Waals surface area contributed by atoms with E-state index in [1.165, 1.54) is 29.8 Å². The summed E-state index contributed by atoms with van der Waals surface area (Å²) in [4.78, 5) is 2.50. The Labute approximate surface area is 85.9 Å². The SMILES string of the molecule is CCCN1Cc2ccc(NC)cc2C1. The number of anilines is 1. The lowest BCUT2D eigenvalue weighted by molar-refractivity contribution is 0.285. The molecule has 1 aliphatic rings. The van der Waals surface area contributed by atoms with Crippen molar-refractivity contribution in [3.8, 4) is 0 Å². The van der Waals surface area contributed by atoms with Crippen molar-refractivity contribution in [2.75, 3.05) is 18.9 Å². The van der Waals surface area contributed by atoms with Gasteiger partial charge in [0.25, 0.3) is 0 Å². The Morgan fingerprint density at radius 3 is 2.79 bits per heavy atom. The lowest BCUT2D eigenvalue weighted by atomic mass is 10.1. The molecule has 1 aliphatic heterocycles. The van der Waals surface area contributed by atoms with Gasteiger partial charge in [0.2, 0.25) is 0 Å². The van der Waals surface area contributed by atoms with Crippen molar-refractivity contribution in [1.29, 1.82) is 0 Å². The Balaban J connectivity index is 2.14. The number of nitrogens with zero attached hydrogens (tertiary/aromatic N) is 1. The van der Waals surface area contributed by atoms with Gasteiger partial charge in [-0.25, -0.2) is 0 Å². The molecule has 0 radical (unpaired) electrons. The zero-order valence-corrected chi connectivity index (χ0v) is 9.01. The summed E-state index contributed by atoms with van der Waals surface area (Å²) in [5.74, 6) is 0. The van der Waals surface area contributed by atoms with Gasteiger partial charge in [0, 0.05) is 25.8 Å². The molecule has 76 valence electrons. The molecule has 2 nitrogen and oxygen atoms in total. The van der Waals surface area contributed by atoms with E-state index in [2.05, 4.69) is 35.3 Å². The van der Waals surface area contributed by atoms with Crippen LogP contribution in [-0.4, -0.2) is 18.5 Å². The van der Waals surface area contributed by atoms with E-state index < -0.39 is 0 Å². The van der Waals surface area contributed by atoms with Crippen LogP contribution in [0.25, 0.3) is 0 Å². The Morgan fingerprint density at radius 2 is 2.07 bits per heavy atom. The first-order chi connectivity index (χ1) is 6.83. The number of nitrogens with one attached hydrogen (secondary N) is 1. The van der Waals surface area contributed by atoms with Crippen LogP contribution in [0, 0.1) is 0 Å². The first kappa shape index (κ1) is 9.53. The van der Waals surface area contributed by atoms with Crippen LogP contribution in [0.15, 0.2) is 18.2 Å². The average molecular weight is 190 g/mol. The van der Waals surface area contributed by atoms with Gasteiger partial charge in [-0.3, -0.25) is 4.90 Å². The second-order valence-corrected chi connectivity index (χ2v) is 3.94. The zero-order valence-electron chi connectivity index (χ0n) is 9.01. The second-order valence-electron chi connectivity index (χ2n) is 3.94. The van der Waals surface area contributed by atoms with Crippen molar-refractivity contribution >= 4 is 5.69 Å². The Morgan fingerprint density at radius 1 is 1.29 bits per heavy atom. The normalized spacial score (nSPS) is 15.6. The highest BCUT2D eigenvalue weighted by atomic mass is 15.1. The fourth-order valence-corrected chi connectivity index (χ4v) is 2.09. The number of fused-ring (bicyclic) bond motifs is 1. The molecule has 0 spiro atoms.